The second kappa shape index (κ2) is 8.68. The van der Waals surface area contributed by atoms with Crippen molar-refractivity contribution in [3.05, 3.63) is 107 Å². The van der Waals surface area contributed by atoms with Gasteiger partial charge < -0.3 is 14.2 Å². The minimum Gasteiger partial charge on any atom is -0.459 e. The van der Waals surface area contributed by atoms with Gasteiger partial charge in [-0.05, 0) is 60.7 Å². The molecule has 148 valence electrons. The molecule has 2 aromatic carbocycles. The van der Waals surface area contributed by atoms with Crippen molar-refractivity contribution >= 4 is 35.1 Å². The van der Waals surface area contributed by atoms with Crippen LogP contribution in [0.2, 0.25) is 5.02 Å². The molecule has 2 aromatic heterocycles. The summed E-state index contributed by atoms with van der Waals surface area (Å²) in [5.74, 6) is 0.734. The largest absolute Gasteiger partial charge is 0.459 e. The van der Waals surface area contributed by atoms with Crippen LogP contribution in [0.5, 0.6) is 0 Å². The molecule has 4 aromatic rings. The van der Waals surface area contributed by atoms with Gasteiger partial charge in [-0.15, -0.1) is 0 Å². The average molecular weight is 418 g/mol. The predicted molar refractivity (Wildman–Crippen MR) is 116 cm³/mol. The van der Waals surface area contributed by atoms with E-state index in [0.717, 1.165) is 5.56 Å². The van der Waals surface area contributed by atoms with Crippen LogP contribution in [0.15, 0.2) is 94.0 Å². The highest BCUT2D eigenvalue weighted by Gasteiger charge is 2.11. The summed E-state index contributed by atoms with van der Waals surface area (Å²) in [5, 5.41) is 3.29. The number of amides is 1. The van der Waals surface area contributed by atoms with Crippen molar-refractivity contribution in [2.45, 2.75) is 0 Å². The van der Waals surface area contributed by atoms with Crippen molar-refractivity contribution < 1.29 is 18.4 Å². The summed E-state index contributed by atoms with van der Waals surface area (Å²) >= 11 is 6.19. The van der Waals surface area contributed by atoms with Crippen molar-refractivity contribution in [2.24, 2.45) is 0 Å². The number of halogens is 1. The highest BCUT2D eigenvalue weighted by atomic mass is 35.5. The molecule has 0 spiro atoms. The Morgan fingerprint density at radius 3 is 2.60 bits per heavy atom. The van der Waals surface area contributed by atoms with E-state index in [9.17, 15) is 9.59 Å². The molecule has 2 heterocycles. The molecule has 0 radical (unpaired) electrons. The highest BCUT2D eigenvalue weighted by molar-refractivity contribution is 6.33. The lowest BCUT2D eigenvalue weighted by molar-refractivity contribution is 0.0994. The molecule has 0 atom stereocenters. The maximum atomic E-state index is 12.5. The van der Waals surface area contributed by atoms with Crippen molar-refractivity contribution in [3.63, 3.8) is 0 Å². The van der Waals surface area contributed by atoms with Crippen LogP contribution in [0.1, 0.15) is 26.7 Å². The van der Waals surface area contributed by atoms with Gasteiger partial charge in [-0.2, -0.15) is 0 Å². The van der Waals surface area contributed by atoms with E-state index in [1.165, 1.54) is 12.3 Å². The Balaban J connectivity index is 1.46. The summed E-state index contributed by atoms with van der Waals surface area (Å²) in [4.78, 5) is 24.6. The van der Waals surface area contributed by atoms with Crippen LogP contribution in [0.25, 0.3) is 17.4 Å². The van der Waals surface area contributed by atoms with Gasteiger partial charge in [0.1, 0.15) is 11.5 Å². The predicted octanol–water partition coefficient (Wildman–Crippen LogP) is 6.34. The van der Waals surface area contributed by atoms with E-state index in [4.69, 9.17) is 20.4 Å². The molecule has 4 rings (SSSR count). The first-order valence-corrected chi connectivity index (χ1v) is 9.50. The zero-order valence-electron chi connectivity index (χ0n) is 15.7. The van der Waals surface area contributed by atoms with Gasteiger partial charge in [0.15, 0.2) is 11.5 Å². The average Bonchev–Trinajstić information content (AvgIpc) is 3.45. The summed E-state index contributed by atoms with van der Waals surface area (Å²) in [5.41, 5.74) is 1.71. The number of nitrogens with one attached hydrogen (secondary N) is 1. The molecular weight excluding hydrogens is 402 g/mol. The molecule has 1 N–H and O–H groups in total. The number of anilines is 1. The van der Waals surface area contributed by atoms with Gasteiger partial charge in [0.25, 0.3) is 5.91 Å². The third-order valence-electron chi connectivity index (χ3n) is 4.31. The van der Waals surface area contributed by atoms with Gasteiger partial charge in [0.05, 0.1) is 11.3 Å². The molecule has 30 heavy (non-hydrogen) atoms. The van der Waals surface area contributed by atoms with E-state index in [2.05, 4.69) is 5.32 Å². The minimum atomic E-state index is -0.386. The molecule has 0 saturated carbocycles. The van der Waals surface area contributed by atoms with Crippen LogP contribution in [0.3, 0.4) is 0 Å². The first-order valence-electron chi connectivity index (χ1n) is 9.12. The fourth-order valence-electron chi connectivity index (χ4n) is 2.85. The van der Waals surface area contributed by atoms with Gasteiger partial charge in [-0.25, -0.2) is 0 Å². The monoisotopic (exact) mass is 417 g/mol. The SMILES string of the molecule is O=C(/C=C/c1ccc(-c2ccccc2Cl)o1)c1cccc(NC(=O)c2ccco2)c1. The molecule has 0 aliphatic heterocycles. The number of rotatable bonds is 6. The van der Waals surface area contributed by atoms with Crippen molar-refractivity contribution in [3.8, 4) is 11.3 Å². The Hall–Kier alpha value is -3.83. The molecule has 0 fully saturated rings. The summed E-state index contributed by atoms with van der Waals surface area (Å²) < 4.78 is 10.8. The second-order valence-electron chi connectivity index (χ2n) is 6.39. The Morgan fingerprint density at radius 2 is 1.80 bits per heavy atom. The smallest absolute Gasteiger partial charge is 0.291 e. The number of allylic oxidation sites excluding steroid dienone is 1. The Kier molecular flexibility index (Phi) is 5.63. The van der Waals surface area contributed by atoms with Crippen LogP contribution in [-0.4, -0.2) is 11.7 Å². The van der Waals surface area contributed by atoms with Gasteiger partial charge in [0, 0.05) is 16.8 Å². The number of hydrogen-bond donors (Lipinski definition) is 1. The molecule has 0 aliphatic rings. The summed E-state index contributed by atoms with van der Waals surface area (Å²) in [7, 11) is 0. The Labute approximate surface area is 177 Å². The topological polar surface area (TPSA) is 72.5 Å². The molecule has 1 amide bonds. The minimum absolute atomic E-state index is 0.193. The number of benzene rings is 2. The van der Waals surface area contributed by atoms with E-state index in [1.54, 1.807) is 60.7 Å². The summed E-state index contributed by atoms with van der Waals surface area (Å²) in [6.45, 7) is 0. The van der Waals surface area contributed by atoms with Crippen LogP contribution >= 0.6 is 11.6 Å². The first kappa shape index (κ1) is 19.5. The van der Waals surface area contributed by atoms with Gasteiger partial charge in [-0.3, -0.25) is 9.59 Å². The number of furan rings is 2. The van der Waals surface area contributed by atoms with Crippen molar-refractivity contribution in [1.29, 1.82) is 0 Å². The van der Waals surface area contributed by atoms with Crippen molar-refractivity contribution in [2.75, 3.05) is 5.32 Å². The van der Waals surface area contributed by atoms with Crippen molar-refractivity contribution in [1.82, 2.24) is 0 Å². The fraction of sp³-hybridized carbons (Fsp3) is 0. The zero-order chi connectivity index (χ0) is 20.9. The van der Waals surface area contributed by atoms with Crippen LogP contribution in [0, 0.1) is 0 Å². The highest BCUT2D eigenvalue weighted by Crippen LogP contribution is 2.29. The summed E-state index contributed by atoms with van der Waals surface area (Å²) in [6.07, 6.45) is 4.44. The first-order chi connectivity index (χ1) is 14.6. The van der Waals surface area contributed by atoms with E-state index in [1.807, 2.05) is 18.2 Å². The normalized spacial score (nSPS) is 11.0. The van der Waals surface area contributed by atoms with Gasteiger partial charge in [-0.1, -0.05) is 35.9 Å². The molecular formula is C24H16ClNO4. The lowest BCUT2D eigenvalue weighted by atomic mass is 10.1. The zero-order valence-corrected chi connectivity index (χ0v) is 16.4. The number of hydrogen-bond acceptors (Lipinski definition) is 4. The number of carbonyl (C=O) groups excluding carboxylic acids is 2. The van der Waals surface area contributed by atoms with Gasteiger partial charge in [0.2, 0.25) is 0 Å². The molecule has 0 aliphatic carbocycles. The second-order valence-corrected chi connectivity index (χ2v) is 6.80. The van der Waals surface area contributed by atoms with Crippen LogP contribution in [-0.2, 0) is 0 Å². The fourth-order valence-corrected chi connectivity index (χ4v) is 3.08. The number of carbonyl (C=O) groups is 2. The maximum Gasteiger partial charge on any atom is 0.291 e. The maximum absolute atomic E-state index is 12.5. The summed E-state index contributed by atoms with van der Waals surface area (Å²) in [6, 6.07) is 20.8. The Bertz CT molecular complexity index is 1220. The number of ketones is 1. The van der Waals surface area contributed by atoms with E-state index in [-0.39, 0.29) is 17.5 Å². The third-order valence-corrected chi connectivity index (χ3v) is 4.64. The quantitative estimate of drug-likeness (QED) is 0.293. The Morgan fingerprint density at radius 1 is 0.933 bits per heavy atom. The van der Waals surface area contributed by atoms with Crippen LogP contribution in [0.4, 0.5) is 5.69 Å². The van der Waals surface area contributed by atoms with Gasteiger partial charge >= 0.3 is 0 Å². The van der Waals surface area contributed by atoms with E-state index < -0.39 is 0 Å². The molecule has 6 heteroatoms. The van der Waals surface area contributed by atoms with Crippen LogP contribution < -0.4 is 5.32 Å². The molecule has 0 unspecified atom stereocenters. The third kappa shape index (κ3) is 4.42. The van der Waals surface area contributed by atoms with E-state index in [0.29, 0.717) is 27.8 Å². The lowest BCUT2D eigenvalue weighted by Gasteiger charge is -2.04. The molecule has 5 nitrogen and oxygen atoms in total. The molecule has 0 bridgehead atoms. The lowest BCUT2D eigenvalue weighted by Crippen LogP contribution is -2.11. The van der Waals surface area contributed by atoms with E-state index >= 15 is 0 Å². The molecule has 0 saturated heterocycles. The standard InChI is InChI=1S/C24H16ClNO4/c25-20-8-2-1-7-19(20)22-13-11-18(30-22)10-12-21(27)16-5-3-6-17(15-16)26-24(28)23-9-4-14-29-23/h1-15H,(H,26,28)/b12-10+.